The maximum atomic E-state index is 12.2. The molecule has 2 N–H and O–H groups in total. The van der Waals surface area contributed by atoms with Gasteiger partial charge < -0.3 is 15.4 Å². The lowest BCUT2D eigenvalue weighted by atomic mass is 10.1. The first-order valence-electron chi connectivity index (χ1n) is 9.57. The van der Waals surface area contributed by atoms with Crippen molar-refractivity contribution in [2.75, 3.05) is 32.5 Å². The Labute approximate surface area is 187 Å². The fraction of sp³-hybridized carbons (Fsp3) is 0.650. The van der Waals surface area contributed by atoms with Crippen LogP contribution in [0.1, 0.15) is 46.1 Å². The van der Waals surface area contributed by atoms with Crippen LogP contribution in [0.4, 0.5) is 0 Å². The van der Waals surface area contributed by atoms with E-state index in [2.05, 4.69) is 27.8 Å². The maximum Gasteiger partial charge on any atom is 0.191 e. The Morgan fingerprint density at radius 2 is 1.75 bits per heavy atom. The number of hydrogen-bond donors (Lipinski definition) is 2. The van der Waals surface area contributed by atoms with Crippen LogP contribution in [0.2, 0.25) is 0 Å². The predicted octanol–water partition coefficient (Wildman–Crippen LogP) is 3.40. The number of halogens is 1. The average Bonchev–Trinajstić information content (AvgIpc) is 2.60. The van der Waals surface area contributed by atoms with Crippen LogP contribution in [0.25, 0.3) is 0 Å². The molecule has 0 aliphatic heterocycles. The average molecular weight is 525 g/mol. The molecule has 162 valence electrons. The number of ether oxygens (including phenoxy) is 1. The summed E-state index contributed by atoms with van der Waals surface area (Å²) in [6.07, 6.45) is 3.03. The summed E-state index contributed by atoms with van der Waals surface area (Å²) in [5, 5.41) is 6.28. The lowest BCUT2D eigenvalue weighted by Crippen LogP contribution is -2.41. The Balaban J connectivity index is 0.00000729. The number of unbranched alkanes of at least 4 members (excludes halogenated alkanes) is 1. The molecular formula is C20H36IN3O3S. The van der Waals surface area contributed by atoms with Gasteiger partial charge in [-0.1, -0.05) is 12.1 Å². The minimum atomic E-state index is -3.13. The Morgan fingerprint density at radius 3 is 2.29 bits per heavy atom. The highest BCUT2D eigenvalue weighted by Crippen LogP contribution is 2.15. The Bertz CT molecular complexity index is 684. The number of nitrogens with one attached hydrogen (secondary N) is 2. The third kappa shape index (κ3) is 9.95. The minimum Gasteiger partial charge on any atom is -0.497 e. The van der Waals surface area contributed by atoms with E-state index in [4.69, 9.17) is 4.74 Å². The second kappa shape index (κ2) is 13.2. The highest BCUT2D eigenvalue weighted by molar-refractivity contribution is 14.0. The fourth-order valence-corrected chi connectivity index (χ4v) is 3.36. The van der Waals surface area contributed by atoms with E-state index in [1.165, 1.54) is 5.56 Å². The summed E-state index contributed by atoms with van der Waals surface area (Å²) in [6.45, 7) is 8.98. The lowest BCUT2D eigenvalue weighted by molar-refractivity contribution is 0.414. The second-order valence-electron chi connectivity index (χ2n) is 7.42. The summed E-state index contributed by atoms with van der Waals surface area (Å²) in [4.78, 5) is 4.53. The van der Waals surface area contributed by atoms with Crippen LogP contribution in [0.3, 0.4) is 0 Å². The molecule has 0 unspecified atom stereocenters. The largest absolute Gasteiger partial charge is 0.497 e. The number of nitrogens with zero attached hydrogens (tertiary/aromatic N) is 1. The highest BCUT2D eigenvalue weighted by Gasteiger charge is 2.28. The van der Waals surface area contributed by atoms with E-state index in [-0.39, 0.29) is 29.7 Å². The molecule has 0 saturated carbocycles. The van der Waals surface area contributed by atoms with Crippen LogP contribution in [-0.4, -0.2) is 51.6 Å². The molecule has 0 aromatic heterocycles. The molecule has 0 bridgehead atoms. The van der Waals surface area contributed by atoms with Gasteiger partial charge in [-0.25, -0.2) is 8.42 Å². The first kappa shape index (κ1) is 27.0. The number of hydrogen-bond acceptors (Lipinski definition) is 4. The van der Waals surface area contributed by atoms with E-state index in [1.807, 2.05) is 19.1 Å². The topological polar surface area (TPSA) is 79.8 Å². The van der Waals surface area contributed by atoms with Crippen LogP contribution >= 0.6 is 24.0 Å². The van der Waals surface area contributed by atoms with E-state index >= 15 is 0 Å². The summed E-state index contributed by atoms with van der Waals surface area (Å²) in [5.74, 6) is 1.64. The van der Waals surface area contributed by atoms with Gasteiger partial charge in [-0.15, -0.1) is 24.0 Å². The third-order valence-electron chi connectivity index (χ3n) is 4.24. The van der Waals surface area contributed by atoms with Crippen molar-refractivity contribution < 1.29 is 13.2 Å². The highest BCUT2D eigenvalue weighted by atomic mass is 127. The number of sulfone groups is 1. The molecule has 0 atom stereocenters. The van der Waals surface area contributed by atoms with Crippen LogP contribution in [0, 0.1) is 0 Å². The number of guanidine groups is 1. The number of aryl methyl sites for hydroxylation is 1. The summed E-state index contributed by atoms with van der Waals surface area (Å²) in [5.41, 5.74) is 1.29. The number of methoxy groups -OCH3 is 1. The van der Waals surface area contributed by atoms with Crippen molar-refractivity contribution in [2.24, 2.45) is 4.99 Å². The van der Waals surface area contributed by atoms with Crippen molar-refractivity contribution in [1.82, 2.24) is 10.6 Å². The van der Waals surface area contributed by atoms with Gasteiger partial charge in [0.05, 0.1) is 17.6 Å². The van der Waals surface area contributed by atoms with Gasteiger partial charge in [0.2, 0.25) is 0 Å². The van der Waals surface area contributed by atoms with Gasteiger partial charge in [-0.3, -0.25) is 4.99 Å². The molecule has 6 nitrogen and oxygen atoms in total. The monoisotopic (exact) mass is 525 g/mol. The van der Waals surface area contributed by atoms with E-state index in [9.17, 15) is 8.42 Å². The standard InChI is InChI=1S/C20H35N3O3S.HI/c1-6-21-19(23-15-16-27(24,25)20(2,3)4)22-14-8-7-9-17-10-12-18(26-5)13-11-17;/h10-13H,6-9,14-16H2,1-5H3,(H2,21,22,23);1H. The molecule has 8 heteroatoms. The molecule has 0 radical (unpaired) electrons. The van der Waals surface area contributed by atoms with Crippen molar-refractivity contribution in [2.45, 2.75) is 51.7 Å². The summed E-state index contributed by atoms with van der Waals surface area (Å²) in [7, 11) is -1.46. The van der Waals surface area contributed by atoms with Crippen molar-refractivity contribution >= 4 is 39.8 Å². The maximum absolute atomic E-state index is 12.2. The number of benzene rings is 1. The van der Waals surface area contributed by atoms with Gasteiger partial charge in [0.25, 0.3) is 0 Å². The van der Waals surface area contributed by atoms with Crippen LogP contribution < -0.4 is 15.4 Å². The molecule has 1 rings (SSSR count). The zero-order valence-electron chi connectivity index (χ0n) is 17.7. The molecule has 1 aromatic carbocycles. The van der Waals surface area contributed by atoms with Gasteiger partial charge >= 0.3 is 0 Å². The van der Waals surface area contributed by atoms with E-state index in [0.717, 1.165) is 31.6 Å². The SMILES string of the molecule is CCNC(=NCCCCc1ccc(OC)cc1)NCCS(=O)(=O)C(C)(C)C.I. The minimum absolute atomic E-state index is 0. The zero-order chi connectivity index (χ0) is 20.3. The van der Waals surface area contributed by atoms with Crippen molar-refractivity contribution in [1.29, 1.82) is 0 Å². The predicted molar refractivity (Wildman–Crippen MR) is 129 cm³/mol. The molecule has 0 aliphatic rings. The molecule has 1 aromatic rings. The molecule has 0 amide bonds. The lowest BCUT2D eigenvalue weighted by Gasteiger charge is -2.19. The summed E-state index contributed by atoms with van der Waals surface area (Å²) in [6, 6.07) is 8.13. The second-order valence-corrected chi connectivity index (χ2v) is 10.3. The Morgan fingerprint density at radius 1 is 1.11 bits per heavy atom. The quantitative estimate of drug-likeness (QED) is 0.212. The Hall–Kier alpha value is -1.03. The van der Waals surface area contributed by atoms with Crippen LogP contribution in [0.5, 0.6) is 5.75 Å². The molecule has 0 heterocycles. The van der Waals surface area contributed by atoms with Gasteiger partial charge in [0.15, 0.2) is 15.8 Å². The Kier molecular flexibility index (Phi) is 12.8. The number of aliphatic imine (C=N–C) groups is 1. The number of rotatable bonds is 10. The first-order chi connectivity index (χ1) is 12.7. The van der Waals surface area contributed by atoms with Crippen molar-refractivity contribution in [3.63, 3.8) is 0 Å². The van der Waals surface area contributed by atoms with Crippen molar-refractivity contribution in [3.05, 3.63) is 29.8 Å². The molecule has 28 heavy (non-hydrogen) atoms. The van der Waals surface area contributed by atoms with Crippen LogP contribution in [0.15, 0.2) is 29.3 Å². The zero-order valence-corrected chi connectivity index (χ0v) is 20.9. The first-order valence-corrected chi connectivity index (χ1v) is 11.2. The van der Waals surface area contributed by atoms with Crippen LogP contribution in [-0.2, 0) is 16.3 Å². The van der Waals surface area contributed by atoms with Crippen molar-refractivity contribution in [3.8, 4) is 5.75 Å². The van der Waals surface area contributed by atoms with E-state index in [1.54, 1.807) is 27.9 Å². The third-order valence-corrected chi connectivity index (χ3v) is 6.85. The molecule has 0 saturated heterocycles. The van der Waals surface area contributed by atoms with Gasteiger partial charge in [-0.2, -0.15) is 0 Å². The smallest absolute Gasteiger partial charge is 0.191 e. The molecule has 0 spiro atoms. The summed E-state index contributed by atoms with van der Waals surface area (Å²) >= 11 is 0. The van der Waals surface area contributed by atoms with E-state index in [0.29, 0.717) is 19.0 Å². The van der Waals surface area contributed by atoms with Gasteiger partial charge in [-0.05, 0) is 64.7 Å². The van der Waals surface area contributed by atoms with Gasteiger partial charge in [0, 0.05) is 19.6 Å². The molecule has 0 aliphatic carbocycles. The van der Waals surface area contributed by atoms with E-state index < -0.39 is 14.6 Å². The normalized spacial score (nSPS) is 12.2. The summed E-state index contributed by atoms with van der Waals surface area (Å²) < 4.78 is 28.7. The van der Waals surface area contributed by atoms with Gasteiger partial charge in [0.1, 0.15) is 5.75 Å². The molecular weight excluding hydrogens is 489 g/mol. The fourth-order valence-electron chi connectivity index (χ4n) is 2.38. The molecule has 0 fully saturated rings.